The van der Waals surface area contributed by atoms with Gasteiger partial charge in [0, 0.05) is 37.5 Å². The van der Waals surface area contributed by atoms with Gasteiger partial charge in [-0.25, -0.2) is 9.97 Å². The SMILES string of the molecule is CC(=O)Nc1cc(-c2cnc(C#N)c(N3CCCCC3C)c2)ccn1. The van der Waals surface area contributed by atoms with Crippen LogP contribution in [0.2, 0.25) is 0 Å². The van der Waals surface area contributed by atoms with Gasteiger partial charge in [-0.1, -0.05) is 0 Å². The summed E-state index contributed by atoms with van der Waals surface area (Å²) in [5.74, 6) is 0.340. The van der Waals surface area contributed by atoms with Gasteiger partial charge in [0.2, 0.25) is 5.91 Å². The summed E-state index contributed by atoms with van der Waals surface area (Å²) in [6, 6.07) is 8.30. The zero-order valence-corrected chi connectivity index (χ0v) is 14.5. The van der Waals surface area contributed by atoms with Gasteiger partial charge in [-0.3, -0.25) is 4.79 Å². The molecule has 3 rings (SSSR count). The maximum absolute atomic E-state index is 11.2. The molecule has 1 atom stereocenters. The average molecular weight is 335 g/mol. The van der Waals surface area contributed by atoms with Crippen molar-refractivity contribution in [2.45, 2.75) is 39.2 Å². The van der Waals surface area contributed by atoms with Crippen LogP contribution in [0.3, 0.4) is 0 Å². The van der Waals surface area contributed by atoms with Crippen LogP contribution in [0.4, 0.5) is 11.5 Å². The highest BCUT2D eigenvalue weighted by molar-refractivity contribution is 5.88. The van der Waals surface area contributed by atoms with E-state index in [1.54, 1.807) is 12.4 Å². The number of pyridine rings is 2. The average Bonchev–Trinajstić information content (AvgIpc) is 2.61. The standard InChI is InChI=1S/C19H21N5O/c1-13-5-3-4-8-24(13)18-9-16(12-22-17(18)11-20)15-6-7-21-19(10-15)23-14(2)25/h6-7,9-10,12-13H,3-5,8H2,1-2H3,(H,21,23,25). The summed E-state index contributed by atoms with van der Waals surface area (Å²) >= 11 is 0. The van der Waals surface area contributed by atoms with Gasteiger partial charge in [0.05, 0.1) is 5.69 Å². The minimum Gasteiger partial charge on any atom is -0.366 e. The van der Waals surface area contributed by atoms with Crippen LogP contribution in [0.1, 0.15) is 38.8 Å². The van der Waals surface area contributed by atoms with E-state index < -0.39 is 0 Å². The second-order valence-electron chi connectivity index (χ2n) is 6.35. The zero-order chi connectivity index (χ0) is 17.8. The monoisotopic (exact) mass is 335 g/mol. The number of rotatable bonds is 3. The first-order chi connectivity index (χ1) is 12.1. The van der Waals surface area contributed by atoms with Crippen LogP contribution in [0.25, 0.3) is 11.1 Å². The Morgan fingerprint density at radius 3 is 2.88 bits per heavy atom. The summed E-state index contributed by atoms with van der Waals surface area (Å²) in [5, 5.41) is 12.1. The van der Waals surface area contributed by atoms with E-state index in [9.17, 15) is 10.1 Å². The highest BCUT2D eigenvalue weighted by atomic mass is 16.1. The second-order valence-corrected chi connectivity index (χ2v) is 6.35. The Labute approximate surface area is 147 Å². The number of nitrogens with zero attached hydrogens (tertiary/aromatic N) is 4. The van der Waals surface area contributed by atoms with E-state index in [4.69, 9.17) is 0 Å². The van der Waals surface area contributed by atoms with E-state index in [1.807, 2.05) is 18.2 Å². The summed E-state index contributed by atoms with van der Waals surface area (Å²) in [6.45, 7) is 4.58. The third kappa shape index (κ3) is 3.77. The van der Waals surface area contributed by atoms with Gasteiger partial charge in [-0.15, -0.1) is 0 Å². The molecule has 0 radical (unpaired) electrons. The van der Waals surface area contributed by atoms with Crippen LogP contribution >= 0.6 is 0 Å². The molecule has 1 fully saturated rings. The van der Waals surface area contributed by atoms with Crippen LogP contribution in [0.15, 0.2) is 30.6 Å². The Morgan fingerprint density at radius 1 is 1.32 bits per heavy atom. The minimum atomic E-state index is -0.162. The molecule has 2 aromatic heterocycles. The largest absolute Gasteiger partial charge is 0.366 e. The molecule has 0 aromatic carbocycles. The van der Waals surface area contributed by atoms with E-state index in [0.717, 1.165) is 36.2 Å². The molecular weight excluding hydrogens is 314 g/mol. The Hall–Kier alpha value is -2.94. The van der Waals surface area contributed by atoms with Crippen LogP contribution in [-0.4, -0.2) is 28.5 Å². The van der Waals surface area contributed by atoms with E-state index in [0.29, 0.717) is 17.6 Å². The van der Waals surface area contributed by atoms with E-state index in [1.165, 1.54) is 13.3 Å². The molecule has 6 nitrogen and oxygen atoms in total. The molecule has 1 aliphatic heterocycles. The topological polar surface area (TPSA) is 81.9 Å². The van der Waals surface area contributed by atoms with Gasteiger partial charge in [0.1, 0.15) is 11.9 Å². The zero-order valence-electron chi connectivity index (χ0n) is 14.5. The number of aromatic nitrogens is 2. The van der Waals surface area contributed by atoms with Crippen molar-refractivity contribution in [3.8, 4) is 17.2 Å². The normalized spacial score (nSPS) is 17.0. The van der Waals surface area contributed by atoms with Crippen LogP contribution in [-0.2, 0) is 4.79 Å². The van der Waals surface area contributed by atoms with Gasteiger partial charge in [0.25, 0.3) is 0 Å². The lowest BCUT2D eigenvalue weighted by Crippen LogP contribution is -2.38. The summed E-state index contributed by atoms with van der Waals surface area (Å²) in [4.78, 5) is 22.0. The Kier molecular flexibility index (Phi) is 4.94. The molecule has 0 spiro atoms. The maximum atomic E-state index is 11.2. The van der Waals surface area contributed by atoms with Crippen molar-refractivity contribution in [1.82, 2.24) is 9.97 Å². The maximum Gasteiger partial charge on any atom is 0.222 e. The number of hydrogen-bond acceptors (Lipinski definition) is 5. The summed E-state index contributed by atoms with van der Waals surface area (Å²) in [5.41, 5.74) is 3.14. The molecule has 2 aromatic rings. The molecule has 1 aliphatic rings. The van der Waals surface area contributed by atoms with Crippen molar-refractivity contribution in [2.24, 2.45) is 0 Å². The Bertz CT molecular complexity index is 827. The fourth-order valence-electron chi connectivity index (χ4n) is 3.23. The molecule has 0 bridgehead atoms. The molecular formula is C19H21N5O. The summed E-state index contributed by atoms with van der Waals surface area (Å²) < 4.78 is 0. The smallest absolute Gasteiger partial charge is 0.222 e. The quantitative estimate of drug-likeness (QED) is 0.930. The number of nitriles is 1. The molecule has 1 amide bonds. The predicted molar refractivity (Wildman–Crippen MR) is 97.1 cm³/mol. The predicted octanol–water partition coefficient (Wildman–Crippen LogP) is 3.35. The van der Waals surface area contributed by atoms with Gasteiger partial charge < -0.3 is 10.2 Å². The number of carbonyl (C=O) groups is 1. The summed E-state index contributed by atoms with van der Waals surface area (Å²) in [6.07, 6.45) is 6.82. The molecule has 25 heavy (non-hydrogen) atoms. The number of amides is 1. The number of anilines is 2. The molecule has 1 unspecified atom stereocenters. The first kappa shape index (κ1) is 16.9. The van der Waals surface area contributed by atoms with Crippen LogP contribution in [0, 0.1) is 11.3 Å². The Morgan fingerprint density at radius 2 is 2.16 bits per heavy atom. The first-order valence-corrected chi connectivity index (χ1v) is 8.49. The van der Waals surface area contributed by atoms with Gasteiger partial charge in [-0.2, -0.15) is 5.26 Å². The highest BCUT2D eigenvalue weighted by Gasteiger charge is 2.22. The highest BCUT2D eigenvalue weighted by Crippen LogP contribution is 2.31. The third-order valence-electron chi connectivity index (χ3n) is 4.48. The van der Waals surface area contributed by atoms with E-state index in [2.05, 4.69) is 33.2 Å². The molecule has 1 N–H and O–H groups in total. The lowest BCUT2D eigenvalue weighted by molar-refractivity contribution is -0.114. The van der Waals surface area contributed by atoms with Crippen LogP contribution in [0.5, 0.6) is 0 Å². The van der Waals surface area contributed by atoms with Crippen LogP contribution < -0.4 is 10.2 Å². The number of hydrogen-bond donors (Lipinski definition) is 1. The van der Waals surface area contributed by atoms with Crippen molar-refractivity contribution in [2.75, 3.05) is 16.8 Å². The molecule has 128 valence electrons. The van der Waals surface area contributed by atoms with Crippen molar-refractivity contribution in [3.63, 3.8) is 0 Å². The van der Waals surface area contributed by atoms with Crippen molar-refractivity contribution in [3.05, 3.63) is 36.3 Å². The van der Waals surface area contributed by atoms with Gasteiger partial charge >= 0.3 is 0 Å². The Balaban J connectivity index is 1.99. The molecule has 6 heteroatoms. The molecule has 3 heterocycles. The lowest BCUT2D eigenvalue weighted by Gasteiger charge is -2.35. The minimum absolute atomic E-state index is 0.162. The third-order valence-corrected chi connectivity index (χ3v) is 4.48. The van der Waals surface area contributed by atoms with Gasteiger partial charge in [-0.05, 0) is 49.9 Å². The van der Waals surface area contributed by atoms with Gasteiger partial charge in [0.15, 0.2) is 5.69 Å². The first-order valence-electron chi connectivity index (χ1n) is 8.49. The van der Waals surface area contributed by atoms with Crippen molar-refractivity contribution >= 4 is 17.4 Å². The van der Waals surface area contributed by atoms with Crippen molar-refractivity contribution in [1.29, 1.82) is 5.26 Å². The molecule has 0 saturated carbocycles. The molecule has 0 aliphatic carbocycles. The summed E-state index contributed by atoms with van der Waals surface area (Å²) in [7, 11) is 0. The fraction of sp³-hybridized carbons (Fsp3) is 0.368. The van der Waals surface area contributed by atoms with E-state index >= 15 is 0 Å². The number of carbonyl (C=O) groups excluding carboxylic acids is 1. The van der Waals surface area contributed by atoms with Crippen molar-refractivity contribution < 1.29 is 4.79 Å². The lowest BCUT2D eigenvalue weighted by atomic mass is 10.0. The number of nitrogens with one attached hydrogen (secondary N) is 1. The van der Waals surface area contributed by atoms with E-state index in [-0.39, 0.29) is 5.91 Å². The second kappa shape index (κ2) is 7.31. The molecule has 1 saturated heterocycles. The number of piperidine rings is 1. The fourth-order valence-corrected chi connectivity index (χ4v) is 3.23.